The highest BCUT2D eigenvalue weighted by Crippen LogP contribution is 2.24. The van der Waals surface area contributed by atoms with Crippen molar-refractivity contribution in [3.05, 3.63) is 46.9 Å². The van der Waals surface area contributed by atoms with Crippen LogP contribution in [-0.2, 0) is 0 Å². The van der Waals surface area contributed by atoms with Gasteiger partial charge in [0.1, 0.15) is 11.5 Å². The van der Waals surface area contributed by atoms with Gasteiger partial charge >= 0.3 is 0 Å². The fourth-order valence-corrected chi connectivity index (χ4v) is 2.12. The zero-order chi connectivity index (χ0) is 11.1. The van der Waals surface area contributed by atoms with Crippen molar-refractivity contribution in [2.75, 3.05) is 0 Å². The first-order valence-corrected chi connectivity index (χ1v) is 5.73. The van der Waals surface area contributed by atoms with Crippen LogP contribution in [0.25, 0.3) is 17.1 Å². The largest absolute Gasteiger partial charge is 0.460 e. The molecule has 0 spiro atoms. The average Bonchev–Trinajstić information content (AvgIpc) is 2.84. The second-order valence-electron chi connectivity index (χ2n) is 3.62. The Morgan fingerprint density at radius 1 is 1.31 bits per heavy atom. The molecule has 0 amide bonds. The molecule has 3 rings (SSSR count). The van der Waals surface area contributed by atoms with Crippen LogP contribution in [0.2, 0.25) is 0 Å². The summed E-state index contributed by atoms with van der Waals surface area (Å²) in [6.45, 7) is 1.93. The second kappa shape index (κ2) is 3.49. The Hall–Kier alpha value is -1.55. The van der Waals surface area contributed by atoms with Crippen molar-refractivity contribution in [1.82, 2.24) is 9.38 Å². The lowest BCUT2D eigenvalue weighted by molar-refractivity contribution is 0.547. The van der Waals surface area contributed by atoms with Crippen LogP contribution in [0.4, 0.5) is 0 Å². The SMILES string of the molecule is Cc1ccc(-c2cn3cccc(Br)c3n2)o1. The van der Waals surface area contributed by atoms with Gasteiger partial charge in [-0.3, -0.25) is 0 Å². The van der Waals surface area contributed by atoms with Crippen LogP contribution >= 0.6 is 15.9 Å². The number of aryl methyl sites for hydroxylation is 1. The maximum atomic E-state index is 5.55. The van der Waals surface area contributed by atoms with Crippen LogP contribution in [0.15, 0.2) is 45.5 Å². The van der Waals surface area contributed by atoms with Gasteiger partial charge in [0.2, 0.25) is 0 Å². The summed E-state index contributed by atoms with van der Waals surface area (Å²) in [7, 11) is 0. The molecule has 0 N–H and O–H groups in total. The van der Waals surface area contributed by atoms with Crippen LogP contribution in [-0.4, -0.2) is 9.38 Å². The molecule has 3 aromatic rings. The Balaban J connectivity index is 2.22. The van der Waals surface area contributed by atoms with Crippen molar-refractivity contribution in [2.24, 2.45) is 0 Å². The molecular weight excluding hydrogens is 268 g/mol. The van der Waals surface area contributed by atoms with Crippen molar-refractivity contribution in [2.45, 2.75) is 6.92 Å². The van der Waals surface area contributed by atoms with Crippen molar-refractivity contribution < 1.29 is 4.42 Å². The van der Waals surface area contributed by atoms with E-state index in [1.807, 2.05) is 48.0 Å². The van der Waals surface area contributed by atoms with E-state index in [1.54, 1.807) is 0 Å². The average molecular weight is 277 g/mol. The minimum Gasteiger partial charge on any atom is -0.460 e. The molecule has 0 aromatic carbocycles. The Bertz CT molecular complexity index is 654. The Morgan fingerprint density at radius 3 is 2.88 bits per heavy atom. The Kier molecular flexibility index (Phi) is 2.11. The van der Waals surface area contributed by atoms with Gasteiger partial charge < -0.3 is 8.82 Å². The van der Waals surface area contributed by atoms with E-state index in [1.165, 1.54) is 0 Å². The first-order chi connectivity index (χ1) is 7.74. The molecule has 3 nitrogen and oxygen atoms in total. The zero-order valence-electron chi connectivity index (χ0n) is 8.64. The maximum Gasteiger partial charge on any atom is 0.154 e. The molecule has 0 radical (unpaired) electrons. The number of pyridine rings is 1. The Labute approximate surface area is 101 Å². The van der Waals surface area contributed by atoms with Crippen LogP contribution in [0.5, 0.6) is 0 Å². The highest BCUT2D eigenvalue weighted by atomic mass is 79.9. The molecule has 0 saturated heterocycles. The van der Waals surface area contributed by atoms with Gasteiger partial charge in [-0.15, -0.1) is 0 Å². The van der Waals surface area contributed by atoms with Crippen molar-refractivity contribution in [3.63, 3.8) is 0 Å². The van der Waals surface area contributed by atoms with Gasteiger partial charge in [-0.25, -0.2) is 4.98 Å². The van der Waals surface area contributed by atoms with Crippen molar-refractivity contribution >= 4 is 21.6 Å². The third-order valence-corrected chi connectivity index (χ3v) is 3.05. The molecule has 3 heterocycles. The van der Waals surface area contributed by atoms with E-state index in [0.29, 0.717) is 0 Å². The lowest BCUT2D eigenvalue weighted by Gasteiger charge is -1.92. The topological polar surface area (TPSA) is 30.4 Å². The van der Waals surface area contributed by atoms with E-state index in [-0.39, 0.29) is 0 Å². The predicted octanol–water partition coefficient (Wildman–Crippen LogP) is 3.67. The quantitative estimate of drug-likeness (QED) is 0.679. The molecule has 0 fully saturated rings. The first kappa shape index (κ1) is 9.66. The van der Waals surface area contributed by atoms with E-state index in [2.05, 4.69) is 20.9 Å². The molecule has 0 atom stereocenters. The molecule has 0 bridgehead atoms. The summed E-state index contributed by atoms with van der Waals surface area (Å²) in [5.41, 5.74) is 1.74. The molecular formula is C12H9BrN2O. The normalized spacial score (nSPS) is 11.1. The summed E-state index contributed by atoms with van der Waals surface area (Å²) in [6.07, 6.45) is 3.92. The number of hydrogen-bond donors (Lipinski definition) is 0. The molecule has 16 heavy (non-hydrogen) atoms. The molecule has 3 aromatic heterocycles. The number of fused-ring (bicyclic) bond motifs is 1. The third-order valence-electron chi connectivity index (χ3n) is 2.43. The predicted molar refractivity (Wildman–Crippen MR) is 65.3 cm³/mol. The standard InChI is InChI=1S/C12H9BrN2O/c1-8-4-5-11(16-8)10-7-15-6-2-3-9(13)12(15)14-10/h2-7H,1H3. The van der Waals surface area contributed by atoms with Gasteiger partial charge in [0, 0.05) is 12.4 Å². The summed E-state index contributed by atoms with van der Waals surface area (Å²) in [6, 6.07) is 7.81. The summed E-state index contributed by atoms with van der Waals surface area (Å²) < 4.78 is 8.49. The highest BCUT2D eigenvalue weighted by Gasteiger charge is 2.09. The highest BCUT2D eigenvalue weighted by molar-refractivity contribution is 9.10. The zero-order valence-corrected chi connectivity index (χ0v) is 10.2. The molecule has 0 aliphatic carbocycles. The van der Waals surface area contributed by atoms with Gasteiger partial charge in [-0.1, -0.05) is 0 Å². The number of furan rings is 1. The minimum atomic E-state index is 0.799. The van der Waals surface area contributed by atoms with Gasteiger partial charge in [0.25, 0.3) is 0 Å². The van der Waals surface area contributed by atoms with E-state index >= 15 is 0 Å². The van der Waals surface area contributed by atoms with Gasteiger partial charge in [-0.05, 0) is 47.1 Å². The van der Waals surface area contributed by atoms with Gasteiger partial charge in [0.15, 0.2) is 11.4 Å². The molecule has 4 heteroatoms. The molecule has 0 aliphatic heterocycles. The lowest BCUT2D eigenvalue weighted by atomic mass is 10.3. The van der Waals surface area contributed by atoms with Crippen LogP contribution < -0.4 is 0 Å². The van der Waals surface area contributed by atoms with Crippen LogP contribution in [0.1, 0.15) is 5.76 Å². The summed E-state index contributed by atoms with van der Waals surface area (Å²) in [5.74, 6) is 1.69. The summed E-state index contributed by atoms with van der Waals surface area (Å²) in [4.78, 5) is 4.52. The fourth-order valence-electron chi connectivity index (χ4n) is 1.67. The van der Waals surface area contributed by atoms with E-state index in [4.69, 9.17) is 4.42 Å². The first-order valence-electron chi connectivity index (χ1n) is 4.94. The van der Waals surface area contributed by atoms with Crippen molar-refractivity contribution in [3.8, 4) is 11.5 Å². The molecule has 0 aliphatic rings. The van der Waals surface area contributed by atoms with E-state index in [9.17, 15) is 0 Å². The fraction of sp³-hybridized carbons (Fsp3) is 0.0833. The van der Waals surface area contributed by atoms with Crippen molar-refractivity contribution in [1.29, 1.82) is 0 Å². The molecule has 80 valence electrons. The van der Waals surface area contributed by atoms with E-state index < -0.39 is 0 Å². The number of imidazole rings is 1. The maximum absolute atomic E-state index is 5.55. The van der Waals surface area contributed by atoms with Gasteiger partial charge in [0.05, 0.1) is 4.47 Å². The van der Waals surface area contributed by atoms with Crippen LogP contribution in [0, 0.1) is 6.92 Å². The van der Waals surface area contributed by atoms with Gasteiger partial charge in [-0.2, -0.15) is 0 Å². The number of aromatic nitrogens is 2. The Morgan fingerprint density at radius 2 is 2.19 bits per heavy atom. The summed E-state index contributed by atoms with van der Waals surface area (Å²) >= 11 is 3.47. The second-order valence-corrected chi connectivity index (χ2v) is 4.48. The number of hydrogen-bond acceptors (Lipinski definition) is 2. The summed E-state index contributed by atoms with van der Waals surface area (Å²) in [5, 5.41) is 0. The number of halogens is 1. The monoisotopic (exact) mass is 276 g/mol. The number of nitrogens with zero attached hydrogens (tertiary/aromatic N) is 2. The molecule has 0 unspecified atom stereocenters. The minimum absolute atomic E-state index is 0.799. The van der Waals surface area contributed by atoms with Crippen LogP contribution in [0.3, 0.4) is 0 Å². The lowest BCUT2D eigenvalue weighted by Crippen LogP contribution is -1.80. The van der Waals surface area contributed by atoms with E-state index in [0.717, 1.165) is 27.3 Å². The number of rotatable bonds is 1. The third kappa shape index (κ3) is 1.46. The smallest absolute Gasteiger partial charge is 0.154 e. The molecule has 0 saturated carbocycles.